The number of carbonyl (C=O) groups is 1. The first kappa shape index (κ1) is 23.7. The molecule has 0 aliphatic carbocycles. The van der Waals surface area contributed by atoms with E-state index in [0.29, 0.717) is 13.2 Å². The number of nitrogens with one attached hydrogen (secondary N) is 1. The molecule has 3 fully saturated rings. The van der Waals surface area contributed by atoms with E-state index in [1.807, 2.05) is 14.0 Å². The summed E-state index contributed by atoms with van der Waals surface area (Å²) in [6.07, 6.45) is 6.64. The van der Waals surface area contributed by atoms with Crippen LogP contribution in [0, 0.1) is 5.92 Å². The summed E-state index contributed by atoms with van der Waals surface area (Å²) in [7, 11) is 1.84. The lowest BCUT2D eigenvalue weighted by molar-refractivity contribution is -0.149. The number of guanidine groups is 1. The van der Waals surface area contributed by atoms with Gasteiger partial charge in [-0.3, -0.25) is 14.7 Å². The number of aliphatic imine (C=N–C) groups is 1. The van der Waals surface area contributed by atoms with Gasteiger partial charge in [-0.15, -0.1) is 24.0 Å². The van der Waals surface area contributed by atoms with Crippen molar-refractivity contribution in [1.82, 2.24) is 15.1 Å². The SMILES string of the molecule is CCOC(=O)C1CCCN(C(=NC)NCC2(N3CCCC3)CCOCC2)C1.I. The van der Waals surface area contributed by atoms with Gasteiger partial charge in [0.2, 0.25) is 0 Å². The Morgan fingerprint density at radius 1 is 1.21 bits per heavy atom. The Hall–Kier alpha value is -0.610. The Labute approximate surface area is 186 Å². The summed E-state index contributed by atoms with van der Waals surface area (Å²) in [5, 5.41) is 3.64. The number of ether oxygens (including phenoxy) is 2. The zero-order valence-electron chi connectivity index (χ0n) is 17.5. The molecule has 0 radical (unpaired) electrons. The molecular formula is C20H37IN4O3. The van der Waals surface area contributed by atoms with Crippen molar-refractivity contribution in [1.29, 1.82) is 0 Å². The highest BCUT2D eigenvalue weighted by molar-refractivity contribution is 14.0. The van der Waals surface area contributed by atoms with Crippen molar-refractivity contribution in [3.63, 3.8) is 0 Å². The second-order valence-corrected chi connectivity index (χ2v) is 7.97. The van der Waals surface area contributed by atoms with E-state index in [-0.39, 0.29) is 41.4 Å². The highest BCUT2D eigenvalue weighted by atomic mass is 127. The number of rotatable bonds is 5. The third-order valence-electron chi connectivity index (χ3n) is 6.33. The van der Waals surface area contributed by atoms with E-state index in [9.17, 15) is 4.79 Å². The highest BCUT2D eigenvalue weighted by Crippen LogP contribution is 2.31. The summed E-state index contributed by atoms with van der Waals surface area (Å²) in [5.41, 5.74) is 0.168. The van der Waals surface area contributed by atoms with E-state index in [0.717, 1.165) is 57.9 Å². The summed E-state index contributed by atoms with van der Waals surface area (Å²) in [6, 6.07) is 0. The molecule has 3 rings (SSSR count). The Balaban J connectivity index is 0.00000280. The monoisotopic (exact) mass is 508 g/mol. The summed E-state index contributed by atoms with van der Waals surface area (Å²) < 4.78 is 10.9. The summed E-state index contributed by atoms with van der Waals surface area (Å²) in [6.45, 7) is 8.89. The fraction of sp³-hybridized carbons (Fsp3) is 0.900. The van der Waals surface area contributed by atoms with Crippen molar-refractivity contribution >= 4 is 35.9 Å². The summed E-state index contributed by atoms with van der Waals surface area (Å²) in [5.74, 6) is 0.789. The van der Waals surface area contributed by atoms with Gasteiger partial charge in [0.1, 0.15) is 0 Å². The molecule has 0 saturated carbocycles. The number of hydrogen-bond acceptors (Lipinski definition) is 5. The molecule has 7 nitrogen and oxygen atoms in total. The largest absolute Gasteiger partial charge is 0.466 e. The average Bonchev–Trinajstić information content (AvgIpc) is 3.25. The van der Waals surface area contributed by atoms with Gasteiger partial charge in [0.15, 0.2) is 5.96 Å². The molecule has 0 aromatic heterocycles. The molecule has 28 heavy (non-hydrogen) atoms. The van der Waals surface area contributed by atoms with Crippen LogP contribution in [0.1, 0.15) is 45.4 Å². The lowest BCUT2D eigenvalue weighted by Gasteiger charge is -2.45. The van der Waals surface area contributed by atoms with Crippen LogP contribution in [0.4, 0.5) is 0 Å². The molecule has 3 saturated heterocycles. The molecule has 0 spiro atoms. The van der Waals surface area contributed by atoms with Gasteiger partial charge < -0.3 is 19.7 Å². The van der Waals surface area contributed by atoms with Crippen LogP contribution in [0.2, 0.25) is 0 Å². The molecular weight excluding hydrogens is 471 g/mol. The molecule has 3 heterocycles. The molecule has 0 amide bonds. The van der Waals surface area contributed by atoms with E-state index >= 15 is 0 Å². The van der Waals surface area contributed by atoms with Gasteiger partial charge in [-0.1, -0.05) is 0 Å². The van der Waals surface area contributed by atoms with Crippen molar-refractivity contribution in [2.45, 2.75) is 51.0 Å². The minimum Gasteiger partial charge on any atom is -0.466 e. The van der Waals surface area contributed by atoms with Gasteiger partial charge in [0.05, 0.1) is 12.5 Å². The van der Waals surface area contributed by atoms with E-state index in [1.165, 1.54) is 25.9 Å². The minimum atomic E-state index is -0.0735. The molecule has 1 N–H and O–H groups in total. The van der Waals surface area contributed by atoms with Gasteiger partial charge in [-0.05, 0) is 58.5 Å². The molecule has 162 valence electrons. The Morgan fingerprint density at radius 3 is 2.57 bits per heavy atom. The zero-order chi connectivity index (χ0) is 19.1. The van der Waals surface area contributed by atoms with Gasteiger partial charge in [0, 0.05) is 45.4 Å². The minimum absolute atomic E-state index is 0. The molecule has 0 aromatic carbocycles. The van der Waals surface area contributed by atoms with Crippen LogP contribution < -0.4 is 5.32 Å². The number of nitrogens with zero attached hydrogens (tertiary/aromatic N) is 3. The van der Waals surface area contributed by atoms with Crippen molar-refractivity contribution < 1.29 is 14.3 Å². The smallest absolute Gasteiger partial charge is 0.310 e. The number of likely N-dealkylation sites (tertiary alicyclic amines) is 2. The maximum atomic E-state index is 12.2. The van der Waals surface area contributed by atoms with E-state index < -0.39 is 0 Å². The first-order valence-corrected chi connectivity index (χ1v) is 10.6. The lowest BCUT2D eigenvalue weighted by atomic mass is 9.88. The van der Waals surface area contributed by atoms with Crippen molar-refractivity contribution in [2.75, 3.05) is 59.6 Å². The highest BCUT2D eigenvalue weighted by Gasteiger charge is 2.40. The number of carbonyl (C=O) groups excluding carboxylic acids is 1. The average molecular weight is 508 g/mol. The van der Waals surface area contributed by atoms with Crippen LogP contribution >= 0.6 is 24.0 Å². The Bertz CT molecular complexity index is 520. The zero-order valence-corrected chi connectivity index (χ0v) is 19.8. The lowest BCUT2D eigenvalue weighted by Crippen LogP contribution is -2.59. The molecule has 0 bridgehead atoms. The number of halogens is 1. The first-order chi connectivity index (χ1) is 13.2. The van der Waals surface area contributed by atoms with Crippen LogP contribution in [-0.2, 0) is 14.3 Å². The van der Waals surface area contributed by atoms with Crippen LogP contribution in [-0.4, -0.2) is 86.9 Å². The van der Waals surface area contributed by atoms with E-state index in [1.54, 1.807) is 0 Å². The number of esters is 1. The second-order valence-electron chi connectivity index (χ2n) is 7.97. The molecule has 0 aromatic rings. The van der Waals surface area contributed by atoms with Gasteiger partial charge in [-0.25, -0.2) is 0 Å². The third kappa shape index (κ3) is 5.72. The van der Waals surface area contributed by atoms with E-state index in [4.69, 9.17) is 9.47 Å². The fourth-order valence-corrected chi connectivity index (χ4v) is 4.75. The molecule has 3 aliphatic rings. The normalized spacial score (nSPS) is 25.9. The van der Waals surface area contributed by atoms with Gasteiger partial charge >= 0.3 is 5.97 Å². The maximum absolute atomic E-state index is 12.2. The third-order valence-corrected chi connectivity index (χ3v) is 6.33. The quantitative estimate of drug-likeness (QED) is 0.266. The maximum Gasteiger partial charge on any atom is 0.310 e. The van der Waals surface area contributed by atoms with Crippen LogP contribution in [0.5, 0.6) is 0 Å². The Kier molecular flexibility index (Phi) is 9.76. The summed E-state index contributed by atoms with van der Waals surface area (Å²) in [4.78, 5) is 21.6. The number of hydrogen-bond donors (Lipinski definition) is 1. The predicted molar refractivity (Wildman–Crippen MR) is 121 cm³/mol. The van der Waals surface area contributed by atoms with Crippen LogP contribution in [0.3, 0.4) is 0 Å². The Morgan fingerprint density at radius 2 is 1.93 bits per heavy atom. The van der Waals surface area contributed by atoms with Crippen LogP contribution in [0.15, 0.2) is 4.99 Å². The molecule has 3 aliphatic heterocycles. The van der Waals surface area contributed by atoms with Crippen molar-refractivity contribution in [3.8, 4) is 0 Å². The fourth-order valence-electron chi connectivity index (χ4n) is 4.75. The van der Waals surface area contributed by atoms with E-state index in [2.05, 4.69) is 20.1 Å². The van der Waals surface area contributed by atoms with Gasteiger partial charge in [-0.2, -0.15) is 0 Å². The second kappa shape index (κ2) is 11.5. The standard InChI is InChI=1S/C20H36N4O3.HI/c1-3-27-18(25)17-7-6-10-23(15-17)19(21-2)22-16-20(8-13-26-14-9-20)24-11-4-5-12-24;/h17H,3-16H2,1-2H3,(H,21,22);1H. The van der Waals surface area contributed by atoms with Crippen molar-refractivity contribution in [2.24, 2.45) is 10.9 Å². The predicted octanol–water partition coefficient (Wildman–Crippen LogP) is 2.10. The molecule has 1 unspecified atom stereocenters. The molecule has 8 heteroatoms. The first-order valence-electron chi connectivity index (χ1n) is 10.6. The summed E-state index contributed by atoms with van der Waals surface area (Å²) >= 11 is 0. The van der Waals surface area contributed by atoms with Crippen LogP contribution in [0.25, 0.3) is 0 Å². The molecule has 1 atom stereocenters. The van der Waals surface area contributed by atoms with Crippen molar-refractivity contribution in [3.05, 3.63) is 0 Å². The topological polar surface area (TPSA) is 66.4 Å². The van der Waals surface area contributed by atoms with Gasteiger partial charge in [0.25, 0.3) is 0 Å². The number of piperidine rings is 1.